The summed E-state index contributed by atoms with van der Waals surface area (Å²) in [6.45, 7) is 0. The maximum Gasteiger partial charge on any atom is 0.416 e. The molecule has 0 N–H and O–H groups in total. The van der Waals surface area contributed by atoms with Crippen molar-refractivity contribution in [2.45, 2.75) is 6.18 Å². The van der Waals surface area contributed by atoms with Gasteiger partial charge in [-0.25, -0.2) is 4.99 Å². The van der Waals surface area contributed by atoms with E-state index in [1.165, 1.54) is 0 Å². The van der Waals surface area contributed by atoms with Gasteiger partial charge in [0.15, 0.2) is 0 Å². The van der Waals surface area contributed by atoms with E-state index in [0.717, 1.165) is 24.3 Å². The van der Waals surface area contributed by atoms with Crippen LogP contribution in [0.2, 0.25) is 0 Å². The molecule has 0 amide bonds. The Balaban J connectivity index is 2.97. The van der Waals surface area contributed by atoms with Gasteiger partial charge in [0.1, 0.15) is 6.07 Å². The topological polar surface area (TPSA) is 36.1 Å². The van der Waals surface area contributed by atoms with Gasteiger partial charge in [0.25, 0.3) is 0 Å². The van der Waals surface area contributed by atoms with Gasteiger partial charge >= 0.3 is 6.18 Å². The first-order valence-electron chi connectivity index (χ1n) is 3.75. The summed E-state index contributed by atoms with van der Waals surface area (Å²) in [6.07, 6.45) is -4.37. The van der Waals surface area contributed by atoms with Crippen LogP contribution in [0.3, 0.4) is 0 Å². The molecule has 0 unspecified atom stereocenters. The van der Waals surface area contributed by atoms with Crippen LogP contribution in [-0.2, 0) is 6.18 Å². The molecular weight excluding hydrogens is 229 g/mol. The second kappa shape index (κ2) is 4.32. The first kappa shape index (κ1) is 11.5. The quantitative estimate of drug-likeness (QED) is 0.683. The van der Waals surface area contributed by atoms with Crippen molar-refractivity contribution in [3.05, 3.63) is 29.8 Å². The van der Waals surface area contributed by atoms with Crippen molar-refractivity contribution >= 4 is 22.5 Å². The highest BCUT2D eigenvalue weighted by atomic mass is 35.5. The largest absolute Gasteiger partial charge is 0.416 e. The van der Waals surface area contributed by atoms with Gasteiger partial charge in [-0.2, -0.15) is 18.4 Å². The summed E-state index contributed by atoms with van der Waals surface area (Å²) in [6, 6.07) is 5.59. The van der Waals surface area contributed by atoms with Gasteiger partial charge in [0, 0.05) is 0 Å². The molecule has 0 saturated carbocycles. The molecule has 0 aliphatic carbocycles. The molecule has 0 aliphatic rings. The van der Waals surface area contributed by atoms with Crippen LogP contribution in [0.1, 0.15) is 5.56 Å². The molecule has 0 aliphatic heterocycles. The number of alkyl halides is 3. The zero-order chi connectivity index (χ0) is 11.5. The number of nitrogens with zero attached hydrogens (tertiary/aromatic N) is 2. The molecule has 0 aromatic heterocycles. The zero-order valence-electron chi connectivity index (χ0n) is 7.22. The van der Waals surface area contributed by atoms with Crippen LogP contribution in [0.4, 0.5) is 18.9 Å². The molecule has 1 aromatic rings. The summed E-state index contributed by atoms with van der Waals surface area (Å²) in [5.41, 5.74) is -0.566. The van der Waals surface area contributed by atoms with Gasteiger partial charge in [-0.15, -0.1) is 0 Å². The summed E-state index contributed by atoms with van der Waals surface area (Å²) in [5, 5.41) is 7.96. The SMILES string of the molecule is N#CC(Cl)=Nc1ccc(C(F)(F)F)cc1. The van der Waals surface area contributed by atoms with E-state index in [1.54, 1.807) is 6.07 Å². The molecule has 1 rings (SSSR count). The van der Waals surface area contributed by atoms with Crippen molar-refractivity contribution in [1.82, 2.24) is 0 Å². The lowest BCUT2D eigenvalue weighted by molar-refractivity contribution is -0.137. The van der Waals surface area contributed by atoms with Crippen LogP contribution in [-0.4, -0.2) is 5.17 Å². The fraction of sp³-hybridized carbons (Fsp3) is 0.111. The van der Waals surface area contributed by atoms with Crippen LogP contribution in [0.5, 0.6) is 0 Å². The summed E-state index contributed by atoms with van der Waals surface area (Å²) in [4.78, 5) is 3.55. The first-order chi connectivity index (χ1) is 6.93. The van der Waals surface area contributed by atoms with E-state index < -0.39 is 11.7 Å². The van der Waals surface area contributed by atoms with Gasteiger partial charge in [-0.05, 0) is 24.3 Å². The maximum absolute atomic E-state index is 12.1. The summed E-state index contributed by atoms with van der Waals surface area (Å²) >= 11 is 5.30. The number of halogens is 4. The molecule has 0 heterocycles. The van der Waals surface area contributed by atoms with Crippen molar-refractivity contribution in [2.24, 2.45) is 4.99 Å². The molecule has 0 saturated heterocycles. The standard InChI is InChI=1S/C9H4ClF3N2/c10-8(5-14)15-7-3-1-6(2-4-7)9(11,12)13/h1-4H. The Morgan fingerprint density at radius 3 is 2.20 bits per heavy atom. The second-order valence-electron chi connectivity index (χ2n) is 2.56. The Kier molecular flexibility index (Phi) is 3.32. The Bertz CT molecular complexity index is 414. The molecule has 2 nitrogen and oxygen atoms in total. The van der Waals surface area contributed by atoms with Gasteiger partial charge in [-0.1, -0.05) is 11.6 Å². The van der Waals surface area contributed by atoms with Crippen molar-refractivity contribution in [2.75, 3.05) is 0 Å². The lowest BCUT2D eigenvalue weighted by atomic mass is 10.2. The van der Waals surface area contributed by atoms with Gasteiger partial charge in [0.05, 0.1) is 11.3 Å². The Morgan fingerprint density at radius 2 is 1.80 bits per heavy atom. The molecule has 0 atom stereocenters. The Hall–Kier alpha value is -1.54. The fourth-order valence-electron chi connectivity index (χ4n) is 0.863. The van der Waals surface area contributed by atoms with Gasteiger partial charge < -0.3 is 0 Å². The van der Waals surface area contributed by atoms with Crippen molar-refractivity contribution in [1.29, 1.82) is 5.26 Å². The molecule has 6 heteroatoms. The van der Waals surface area contributed by atoms with E-state index in [9.17, 15) is 13.2 Å². The number of aliphatic imine (C=N–C) groups is 1. The summed E-state index contributed by atoms with van der Waals surface area (Å²) < 4.78 is 36.4. The minimum Gasteiger partial charge on any atom is -0.226 e. The number of nitriles is 1. The predicted octanol–water partition coefficient (Wildman–Crippen LogP) is 3.50. The van der Waals surface area contributed by atoms with E-state index in [2.05, 4.69) is 4.99 Å². The molecule has 0 fully saturated rings. The average Bonchev–Trinajstić information content (AvgIpc) is 2.17. The number of hydrogen-bond acceptors (Lipinski definition) is 2. The average molecular weight is 233 g/mol. The first-order valence-corrected chi connectivity index (χ1v) is 4.13. The molecule has 0 bridgehead atoms. The highest BCUT2D eigenvalue weighted by Crippen LogP contribution is 2.30. The highest BCUT2D eigenvalue weighted by molar-refractivity contribution is 6.69. The molecule has 0 spiro atoms. The third-order valence-electron chi connectivity index (χ3n) is 1.51. The Morgan fingerprint density at radius 1 is 1.27 bits per heavy atom. The highest BCUT2D eigenvalue weighted by Gasteiger charge is 2.29. The fourth-order valence-corrected chi connectivity index (χ4v) is 0.961. The van der Waals surface area contributed by atoms with Crippen LogP contribution in [0.25, 0.3) is 0 Å². The third-order valence-corrected chi connectivity index (χ3v) is 1.68. The maximum atomic E-state index is 12.1. The Labute approximate surface area is 88.6 Å². The minimum atomic E-state index is -4.37. The third kappa shape index (κ3) is 3.26. The van der Waals surface area contributed by atoms with Crippen molar-refractivity contribution < 1.29 is 13.2 Å². The van der Waals surface area contributed by atoms with Crippen molar-refractivity contribution in [3.63, 3.8) is 0 Å². The van der Waals surface area contributed by atoms with Gasteiger partial charge in [0.2, 0.25) is 5.17 Å². The van der Waals surface area contributed by atoms with E-state index in [1.807, 2.05) is 0 Å². The number of rotatable bonds is 1. The monoisotopic (exact) mass is 232 g/mol. The zero-order valence-corrected chi connectivity index (χ0v) is 7.97. The molecule has 78 valence electrons. The smallest absolute Gasteiger partial charge is 0.226 e. The normalized spacial score (nSPS) is 12.3. The van der Waals surface area contributed by atoms with Crippen molar-refractivity contribution in [3.8, 4) is 6.07 Å². The van der Waals surface area contributed by atoms with Crippen LogP contribution in [0, 0.1) is 11.3 Å². The number of benzene rings is 1. The lowest BCUT2D eigenvalue weighted by Gasteiger charge is -2.05. The molecule has 15 heavy (non-hydrogen) atoms. The van der Waals surface area contributed by atoms with E-state index in [0.29, 0.717) is 0 Å². The van der Waals surface area contributed by atoms with E-state index in [4.69, 9.17) is 16.9 Å². The molecule has 1 aromatic carbocycles. The van der Waals surface area contributed by atoms with Crippen LogP contribution < -0.4 is 0 Å². The summed E-state index contributed by atoms with van der Waals surface area (Å²) in [5.74, 6) is 0. The van der Waals surface area contributed by atoms with E-state index >= 15 is 0 Å². The number of hydrogen-bond donors (Lipinski definition) is 0. The van der Waals surface area contributed by atoms with Gasteiger partial charge in [-0.3, -0.25) is 0 Å². The minimum absolute atomic E-state index is 0.203. The predicted molar refractivity (Wildman–Crippen MR) is 50.0 cm³/mol. The summed E-state index contributed by atoms with van der Waals surface area (Å²) in [7, 11) is 0. The van der Waals surface area contributed by atoms with Crippen LogP contribution >= 0.6 is 11.6 Å². The van der Waals surface area contributed by atoms with Crippen LogP contribution in [0.15, 0.2) is 29.3 Å². The molecule has 0 radical (unpaired) electrons. The second-order valence-corrected chi connectivity index (χ2v) is 2.92. The van der Waals surface area contributed by atoms with E-state index in [-0.39, 0.29) is 10.9 Å². The molecular formula is C9H4ClF3N2. The lowest BCUT2D eigenvalue weighted by Crippen LogP contribution is -2.03.